The highest BCUT2D eigenvalue weighted by Crippen LogP contribution is 2.16. The van der Waals surface area contributed by atoms with E-state index in [0.717, 1.165) is 11.3 Å². The van der Waals surface area contributed by atoms with Crippen molar-refractivity contribution in [3.8, 4) is 0 Å². The Morgan fingerprint density at radius 2 is 2.16 bits per heavy atom. The summed E-state index contributed by atoms with van der Waals surface area (Å²) in [7, 11) is 1.51. The summed E-state index contributed by atoms with van der Waals surface area (Å²) < 4.78 is 0. The van der Waals surface area contributed by atoms with Gasteiger partial charge in [0.1, 0.15) is 5.69 Å². The number of aliphatic carboxylic acids is 1. The topological polar surface area (TPSA) is 99.6 Å². The molecule has 0 aliphatic rings. The molecule has 19 heavy (non-hydrogen) atoms. The Hall–Kier alpha value is -1.96. The molecule has 0 unspecified atom stereocenters. The Labute approximate surface area is 114 Å². The lowest BCUT2D eigenvalue weighted by molar-refractivity contribution is -0.137. The van der Waals surface area contributed by atoms with E-state index in [-0.39, 0.29) is 30.5 Å². The summed E-state index contributed by atoms with van der Waals surface area (Å²) in [4.78, 5) is 38.8. The summed E-state index contributed by atoms with van der Waals surface area (Å²) in [6.45, 7) is 1.83. The number of carbonyl (C=O) groups excluding carboxylic acids is 2. The van der Waals surface area contributed by atoms with E-state index in [0.29, 0.717) is 11.6 Å². The van der Waals surface area contributed by atoms with Gasteiger partial charge in [-0.2, -0.15) is 0 Å². The van der Waals surface area contributed by atoms with Crippen LogP contribution < -0.4 is 5.32 Å². The van der Waals surface area contributed by atoms with Gasteiger partial charge in [-0.3, -0.25) is 14.4 Å². The average molecular weight is 285 g/mol. The summed E-state index contributed by atoms with van der Waals surface area (Å²) >= 11 is 1.16. The fraction of sp³-hybridized carbons (Fsp3) is 0.455. The molecule has 0 bridgehead atoms. The molecule has 1 rings (SSSR count). The van der Waals surface area contributed by atoms with Crippen molar-refractivity contribution in [3.63, 3.8) is 0 Å². The molecule has 1 aromatic rings. The highest BCUT2D eigenvalue weighted by Gasteiger charge is 2.16. The number of carboxylic acids is 1. The molecule has 8 heteroatoms. The number of anilines is 1. The van der Waals surface area contributed by atoms with Crippen LogP contribution >= 0.6 is 11.3 Å². The Morgan fingerprint density at radius 1 is 1.47 bits per heavy atom. The molecule has 104 valence electrons. The van der Waals surface area contributed by atoms with Gasteiger partial charge in [0.15, 0.2) is 5.13 Å². The highest BCUT2D eigenvalue weighted by atomic mass is 32.1. The lowest BCUT2D eigenvalue weighted by atomic mass is 10.3. The lowest BCUT2D eigenvalue weighted by Crippen LogP contribution is -2.29. The quantitative estimate of drug-likeness (QED) is 0.813. The summed E-state index contributed by atoms with van der Waals surface area (Å²) in [5.74, 6) is -1.50. The van der Waals surface area contributed by atoms with Crippen LogP contribution in [0.5, 0.6) is 0 Å². The highest BCUT2D eigenvalue weighted by molar-refractivity contribution is 7.14. The molecule has 2 N–H and O–H groups in total. The van der Waals surface area contributed by atoms with Crippen molar-refractivity contribution in [2.75, 3.05) is 18.9 Å². The minimum atomic E-state index is -0.964. The largest absolute Gasteiger partial charge is 0.481 e. The van der Waals surface area contributed by atoms with Gasteiger partial charge in [-0.15, -0.1) is 11.3 Å². The molecule has 1 aromatic heterocycles. The van der Waals surface area contributed by atoms with E-state index in [1.165, 1.54) is 17.3 Å². The zero-order chi connectivity index (χ0) is 14.4. The minimum absolute atomic E-state index is 0.113. The molecule has 0 fully saturated rings. The summed E-state index contributed by atoms with van der Waals surface area (Å²) in [5.41, 5.74) is 0.198. The predicted molar refractivity (Wildman–Crippen MR) is 70.2 cm³/mol. The fourth-order valence-corrected chi connectivity index (χ4v) is 1.90. The van der Waals surface area contributed by atoms with Crippen LogP contribution in [-0.4, -0.2) is 46.4 Å². The van der Waals surface area contributed by atoms with E-state index >= 15 is 0 Å². The van der Waals surface area contributed by atoms with Crippen LogP contribution in [0, 0.1) is 0 Å². The van der Waals surface area contributed by atoms with Gasteiger partial charge in [0.25, 0.3) is 5.91 Å². The maximum absolute atomic E-state index is 11.9. The number of carbonyl (C=O) groups is 3. The molecule has 0 radical (unpaired) electrons. The molecule has 0 saturated carbocycles. The second-order valence-electron chi connectivity index (χ2n) is 3.81. The van der Waals surface area contributed by atoms with Gasteiger partial charge in [-0.05, 0) is 0 Å². The van der Waals surface area contributed by atoms with Gasteiger partial charge < -0.3 is 15.3 Å². The molecule has 1 heterocycles. The number of thiazole rings is 1. The molecule has 2 amide bonds. The smallest absolute Gasteiger partial charge is 0.305 e. The van der Waals surface area contributed by atoms with Crippen molar-refractivity contribution in [2.24, 2.45) is 0 Å². The second kappa shape index (κ2) is 6.83. The van der Waals surface area contributed by atoms with E-state index in [9.17, 15) is 14.4 Å². The standard InChI is InChI=1S/C11H15N3O4S/c1-3-8(15)13-11-12-7(6-19-11)10(18)14(2)5-4-9(16)17/h6H,3-5H2,1-2H3,(H,16,17)(H,12,13,15). The van der Waals surface area contributed by atoms with Gasteiger partial charge in [0.2, 0.25) is 5.91 Å². The van der Waals surface area contributed by atoms with Crippen LogP contribution in [0.4, 0.5) is 5.13 Å². The average Bonchev–Trinajstić information content (AvgIpc) is 2.83. The number of amides is 2. The first-order valence-electron chi connectivity index (χ1n) is 5.66. The normalized spacial score (nSPS) is 10.0. The molecular formula is C11H15N3O4S. The first kappa shape index (κ1) is 15.1. The molecular weight excluding hydrogens is 270 g/mol. The first-order chi connectivity index (χ1) is 8.93. The number of hydrogen-bond acceptors (Lipinski definition) is 5. The molecule has 0 aliphatic heterocycles. The van der Waals surface area contributed by atoms with Gasteiger partial charge in [0, 0.05) is 25.4 Å². The Balaban J connectivity index is 2.62. The van der Waals surface area contributed by atoms with Crippen molar-refractivity contribution in [1.82, 2.24) is 9.88 Å². The molecule has 0 aromatic carbocycles. The number of hydrogen-bond donors (Lipinski definition) is 2. The number of nitrogens with one attached hydrogen (secondary N) is 1. The second-order valence-corrected chi connectivity index (χ2v) is 4.67. The van der Waals surface area contributed by atoms with Gasteiger partial charge in [0.05, 0.1) is 6.42 Å². The van der Waals surface area contributed by atoms with Crippen molar-refractivity contribution in [1.29, 1.82) is 0 Å². The third kappa shape index (κ3) is 4.66. The SMILES string of the molecule is CCC(=O)Nc1nc(C(=O)N(C)CCC(=O)O)cs1. The predicted octanol–water partition coefficient (Wildman–Crippen LogP) is 1.04. The van der Waals surface area contributed by atoms with Gasteiger partial charge in [-0.25, -0.2) is 4.98 Å². The van der Waals surface area contributed by atoms with E-state index in [1.807, 2.05) is 0 Å². The zero-order valence-corrected chi connectivity index (χ0v) is 11.5. The van der Waals surface area contributed by atoms with Crippen LogP contribution in [0.3, 0.4) is 0 Å². The van der Waals surface area contributed by atoms with E-state index in [4.69, 9.17) is 5.11 Å². The summed E-state index contributed by atoms with van der Waals surface area (Å²) in [6.07, 6.45) is 0.215. The van der Waals surface area contributed by atoms with Crippen LogP contribution in [-0.2, 0) is 9.59 Å². The van der Waals surface area contributed by atoms with Gasteiger partial charge >= 0.3 is 5.97 Å². The number of aromatic nitrogens is 1. The number of rotatable bonds is 6. The third-order valence-electron chi connectivity index (χ3n) is 2.30. The van der Waals surface area contributed by atoms with Crippen molar-refractivity contribution in [2.45, 2.75) is 19.8 Å². The minimum Gasteiger partial charge on any atom is -0.481 e. The number of nitrogens with zero attached hydrogens (tertiary/aromatic N) is 2. The molecule has 0 aliphatic carbocycles. The Morgan fingerprint density at radius 3 is 2.74 bits per heavy atom. The molecule has 0 saturated heterocycles. The number of carboxylic acid groups (broad SMARTS) is 1. The van der Waals surface area contributed by atoms with Crippen LogP contribution in [0.1, 0.15) is 30.3 Å². The van der Waals surface area contributed by atoms with Gasteiger partial charge in [-0.1, -0.05) is 6.92 Å². The van der Waals surface area contributed by atoms with E-state index < -0.39 is 5.97 Å². The van der Waals surface area contributed by atoms with Crippen LogP contribution in [0.25, 0.3) is 0 Å². The van der Waals surface area contributed by atoms with E-state index in [2.05, 4.69) is 10.3 Å². The summed E-state index contributed by atoms with van der Waals surface area (Å²) in [5, 5.41) is 13.0. The zero-order valence-electron chi connectivity index (χ0n) is 10.7. The van der Waals surface area contributed by atoms with Crippen LogP contribution in [0.2, 0.25) is 0 Å². The first-order valence-corrected chi connectivity index (χ1v) is 6.54. The molecule has 0 atom stereocenters. The Kier molecular flexibility index (Phi) is 5.43. The molecule has 7 nitrogen and oxygen atoms in total. The maximum atomic E-state index is 11.9. The third-order valence-corrected chi connectivity index (χ3v) is 3.06. The fourth-order valence-electron chi connectivity index (χ4n) is 1.20. The van der Waals surface area contributed by atoms with Crippen molar-refractivity contribution >= 4 is 34.3 Å². The monoisotopic (exact) mass is 285 g/mol. The maximum Gasteiger partial charge on any atom is 0.305 e. The Bertz CT molecular complexity index is 486. The van der Waals surface area contributed by atoms with E-state index in [1.54, 1.807) is 6.92 Å². The van der Waals surface area contributed by atoms with Crippen molar-refractivity contribution < 1.29 is 19.5 Å². The van der Waals surface area contributed by atoms with Crippen molar-refractivity contribution in [3.05, 3.63) is 11.1 Å². The van der Waals surface area contributed by atoms with Crippen LogP contribution in [0.15, 0.2) is 5.38 Å². The lowest BCUT2D eigenvalue weighted by Gasteiger charge is -2.14. The summed E-state index contributed by atoms with van der Waals surface area (Å²) in [6, 6.07) is 0. The molecule has 0 spiro atoms.